The lowest BCUT2D eigenvalue weighted by atomic mass is 9.90. The van der Waals surface area contributed by atoms with E-state index in [0.29, 0.717) is 31.2 Å². The molecule has 0 aliphatic carbocycles. The lowest BCUT2D eigenvalue weighted by Crippen LogP contribution is -2.47. The molecule has 2 aromatic carbocycles. The average molecular weight is 707 g/mol. The molecule has 0 aromatic heterocycles. The number of ether oxygens (including phenoxy) is 1. The molecule has 2 aromatic rings. The fraction of sp³-hybridized carbons (Fsp3) is 0.561. The van der Waals surface area contributed by atoms with Gasteiger partial charge in [-0.15, -0.1) is 0 Å². The number of carboxylic acids is 1. The zero-order chi connectivity index (χ0) is 37.8. The number of hydrogen-bond donors (Lipinski definition) is 3. The molecule has 0 unspecified atom stereocenters. The lowest BCUT2D eigenvalue weighted by molar-refractivity contribution is -0.146. The summed E-state index contributed by atoms with van der Waals surface area (Å²) in [5.41, 5.74) is 3.80. The highest BCUT2D eigenvalue weighted by atomic mass is 16.5. The van der Waals surface area contributed by atoms with Gasteiger partial charge in [-0.05, 0) is 48.8 Å². The highest BCUT2D eigenvalue weighted by Gasteiger charge is 2.31. The topological polar surface area (TPSA) is 156 Å². The van der Waals surface area contributed by atoms with Crippen LogP contribution < -0.4 is 10.6 Å². The SMILES string of the molecule is CCCCC[C@H](CC(=O)c1ccc(-c2ccc(CCCC)cc2)cc1)C(=O)N[C@@H](CCC(=O)O)C(=O)C[C@@H](C)C(=O)N[C@@H](CCCC)C(=O)OC. The van der Waals surface area contributed by atoms with Gasteiger partial charge in [0.25, 0.3) is 0 Å². The Labute approximate surface area is 303 Å². The van der Waals surface area contributed by atoms with Crippen molar-refractivity contribution in [1.82, 2.24) is 10.6 Å². The maximum Gasteiger partial charge on any atom is 0.328 e. The Morgan fingerprint density at radius 3 is 1.84 bits per heavy atom. The quantitative estimate of drug-likeness (QED) is 0.0554. The second-order valence-electron chi connectivity index (χ2n) is 13.5. The van der Waals surface area contributed by atoms with Gasteiger partial charge in [0.2, 0.25) is 11.8 Å². The van der Waals surface area contributed by atoms with E-state index < -0.39 is 53.5 Å². The minimum atomic E-state index is -1.16. The van der Waals surface area contributed by atoms with E-state index in [1.54, 1.807) is 12.1 Å². The molecule has 3 N–H and O–H groups in total. The van der Waals surface area contributed by atoms with E-state index >= 15 is 0 Å². The van der Waals surface area contributed by atoms with Crippen molar-refractivity contribution in [2.24, 2.45) is 11.8 Å². The molecule has 2 rings (SSSR count). The molecule has 0 bridgehead atoms. The molecule has 0 spiro atoms. The van der Waals surface area contributed by atoms with Gasteiger partial charge in [0.15, 0.2) is 11.6 Å². The van der Waals surface area contributed by atoms with E-state index in [1.807, 2.05) is 26.0 Å². The van der Waals surface area contributed by atoms with Crippen molar-refractivity contribution in [2.45, 2.75) is 130 Å². The summed E-state index contributed by atoms with van der Waals surface area (Å²) in [6.07, 6.45) is 7.27. The fourth-order valence-corrected chi connectivity index (χ4v) is 5.92. The third-order valence-corrected chi connectivity index (χ3v) is 9.23. The molecule has 0 saturated heterocycles. The van der Waals surface area contributed by atoms with E-state index in [2.05, 4.69) is 41.8 Å². The third-order valence-electron chi connectivity index (χ3n) is 9.23. The highest BCUT2D eigenvalue weighted by molar-refractivity contribution is 6.00. The van der Waals surface area contributed by atoms with E-state index in [1.165, 1.54) is 19.6 Å². The van der Waals surface area contributed by atoms with Gasteiger partial charge in [0.1, 0.15) is 6.04 Å². The Bertz CT molecular complexity index is 1420. The smallest absolute Gasteiger partial charge is 0.328 e. The van der Waals surface area contributed by atoms with Crippen LogP contribution in [-0.4, -0.2) is 59.6 Å². The van der Waals surface area contributed by atoms with Crippen LogP contribution in [0.3, 0.4) is 0 Å². The largest absolute Gasteiger partial charge is 0.481 e. The summed E-state index contributed by atoms with van der Waals surface area (Å²) in [5.74, 6) is -4.98. The van der Waals surface area contributed by atoms with E-state index in [4.69, 9.17) is 4.74 Å². The van der Waals surface area contributed by atoms with Gasteiger partial charge < -0.3 is 20.5 Å². The Kier molecular flexibility index (Phi) is 19.5. The number of methoxy groups -OCH3 is 1. The summed E-state index contributed by atoms with van der Waals surface area (Å²) in [6.45, 7) is 7.70. The number of ketones is 2. The minimum Gasteiger partial charge on any atom is -0.481 e. The normalized spacial score (nSPS) is 13.4. The Morgan fingerprint density at radius 1 is 0.686 bits per heavy atom. The summed E-state index contributed by atoms with van der Waals surface area (Å²) in [7, 11) is 1.24. The van der Waals surface area contributed by atoms with Crippen LogP contribution in [0.2, 0.25) is 0 Å². The number of aliphatic carboxylic acids is 1. The number of hydrogen-bond acceptors (Lipinski definition) is 7. The van der Waals surface area contributed by atoms with Gasteiger partial charge in [-0.25, -0.2) is 4.79 Å². The standard InChI is InChI=1S/C41H58N2O8/c1-6-9-12-14-33(27-36(44)32-22-20-31(21-23-32)30-18-16-29(17-19-30)13-10-7-2)40(49)42-34(24-25-38(46)47)37(45)26-28(4)39(48)43-35(15-11-8-3)41(50)51-5/h16-23,28,33-35H,6-15,24-27H2,1-5H3,(H,42,49)(H,43,48)(H,46,47)/t28-,33-,34+,35+/m1/s1. The van der Waals surface area contributed by atoms with Crippen LogP contribution in [0, 0.1) is 11.8 Å². The van der Waals surface area contributed by atoms with Crippen molar-refractivity contribution in [3.05, 3.63) is 59.7 Å². The summed E-state index contributed by atoms with van der Waals surface area (Å²) in [4.78, 5) is 77.2. The number of amides is 2. The summed E-state index contributed by atoms with van der Waals surface area (Å²) in [5, 5.41) is 14.7. The van der Waals surface area contributed by atoms with E-state index in [0.717, 1.165) is 49.7 Å². The van der Waals surface area contributed by atoms with Crippen molar-refractivity contribution in [3.8, 4) is 11.1 Å². The number of Topliss-reactive ketones (excluding diaryl/α,β-unsaturated/α-hetero) is 2. The number of unbranched alkanes of at least 4 members (excludes halogenated alkanes) is 4. The number of esters is 1. The summed E-state index contributed by atoms with van der Waals surface area (Å²) < 4.78 is 4.81. The van der Waals surface area contributed by atoms with Gasteiger partial charge in [-0.2, -0.15) is 0 Å². The first-order valence-electron chi connectivity index (χ1n) is 18.6. The maximum absolute atomic E-state index is 13.7. The van der Waals surface area contributed by atoms with Crippen molar-refractivity contribution in [1.29, 1.82) is 0 Å². The number of rotatable bonds is 25. The van der Waals surface area contributed by atoms with Crippen LogP contribution in [0.5, 0.6) is 0 Å². The zero-order valence-corrected chi connectivity index (χ0v) is 31.1. The van der Waals surface area contributed by atoms with Crippen molar-refractivity contribution >= 4 is 35.3 Å². The molecule has 0 aliphatic rings. The van der Waals surface area contributed by atoms with E-state index in [9.17, 15) is 33.9 Å². The van der Waals surface area contributed by atoms with Gasteiger partial charge in [-0.1, -0.05) is 115 Å². The molecule has 4 atom stereocenters. The molecule has 0 saturated carbocycles. The third kappa shape index (κ3) is 15.2. The average Bonchev–Trinajstić information content (AvgIpc) is 3.13. The first-order chi connectivity index (χ1) is 24.4. The molecule has 0 radical (unpaired) electrons. The Hall–Kier alpha value is -4.34. The number of carboxylic acid groups (broad SMARTS) is 1. The van der Waals surface area contributed by atoms with Gasteiger partial charge >= 0.3 is 11.9 Å². The number of aryl methyl sites for hydroxylation is 1. The molecule has 280 valence electrons. The monoisotopic (exact) mass is 706 g/mol. The molecule has 51 heavy (non-hydrogen) atoms. The second-order valence-corrected chi connectivity index (χ2v) is 13.5. The molecule has 0 heterocycles. The summed E-state index contributed by atoms with van der Waals surface area (Å²) >= 11 is 0. The molecular formula is C41H58N2O8. The van der Waals surface area contributed by atoms with Crippen LogP contribution in [0.4, 0.5) is 0 Å². The summed E-state index contributed by atoms with van der Waals surface area (Å²) in [6, 6.07) is 13.7. The second kappa shape index (κ2) is 23.2. The number of carbonyl (C=O) groups is 6. The maximum atomic E-state index is 13.7. The number of benzene rings is 2. The molecule has 10 nitrogen and oxygen atoms in total. The Balaban J connectivity index is 2.16. The molecule has 0 aliphatic heterocycles. The van der Waals surface area contributed by atoms with E-state index in [-0.39, 0.29) is 31.5 Å². The van der Waals surface area contributed by atoms with Crippen molar-refractivity contribution in [3.63, 3.8) is 0 Å². The minimum absolute atomic E-state index is 0.0631. The Morgan fingerprint density at radius 2 is 1.27 bits per heavy atom. The van der Waals surface area contributed by atoms with Gasteiger partial charge in [0, 0.05) is 36.7 Å². The fourth-order valence-electron chi connectivity index (χ4n) is 5.92. The van der Waals surface area contributed by atoms with Gasteiger partial charge in [-0.3, -0.25) is 24.0 Å². The van der Waals surface area contributed by atoms with Gasteiger partial charge in [0.05, 0.1) is 13.2 Å². The molecule has 10 heteroatoms. The first-order valence-corrected chi connectivity index (χ1v) is 18.6. The van der Waals surface area contributed by atoms with Crippen LogP contribution in [0.1, 0.15) is 127 Å². The molecule has 2 amide bonds. The number of carbonyl (C=O) groups excluding carboxylic acids is 5. The number of nitrogens with one attached hydrogen (secondary N) is 2. The molecular weight excluding hydrogens is 648 g/mol. The van der Waals surface area contributed by atoms with Crippen LogP contribution in [0.25, 0.3) is 11.1 Å². The predicted molar refractivity (Wildman–Crippen MR) is 198 cm³/mol. The van der Waals surface area contributed by atoms with Crippen molar-refractivity contribution in [2.75, 3.05) is 7.11 Å². The molecule has 0 fully saturated rings. The predicted octanol–water partition coefficient (Wildman–Crippen LogP) is 7.26. The lowest BCUT2D eigenvalue weighted by Gasteiger charge is -2.23. The zero-order valence-electron chi connectivity index (χ0n) is 31.1. The van der Waals surface area contributed by atoms with Crippen molar-refractivity contribution < 1.29 is 38.6 Å². The van der Waals surface area contributed by atoms with Crippen LogP contribution >= 0.6 is 0 Å². The first kappa shape index (κ1) is 42.8. The van der Waals surface area contributed by atoms with Crippen LogP contribution in [0.15, 0.2) is 48.5 Å². The van der Waals surface area contributed by atoms with Crippen LogP contribution in [-0.2, 0) is 35.1 Å². The highest BCUT2D eigenvalue weighted by Crippen LogP contribution is 2.24.